The Balaban J connectivity index is 1.79. The second-order valence-corrected chi connectivity index (χ2v) is 6.53. The summed E-state index contributed by atoms with van der Waals surface area (Å²) in [5.74, 6) is 0.853. The molecule has 0 bridgehead atoms. The zero-order valence-electron chi connectivity index (χ0n) is 11.9. The van der Waals surface area contributed by atoms with Gasteiger partial charge in [-0.15, -0.1) is 11.3 Å². The lowest BCUT2D eigenvalue weighted by molar-refractivity contribution is 0.189. The smallest absolute Gasteiger partial charge is 0.0305 e. The van der Waals surface area contributed by atoms with Crippen molar-refractivity contribution in [1.82, 2.24) is 10.2 Å². The molecule has 1 fully saturated rings. The van der Waals surface area contributed by atoms with Crippen molar-refractivity contribution in [2.75, 3.05) is 20.1 Å². The molecule has 1 aromatic heterocycles. The lowest BCUT2D eigenvalue weighted by Gasteiger charge is -2.33. The Morgan fingerprint density at radius 1 is 1.44 bits per heavy atom. The van der Waals surface area contributed by atoms with Gasteiger partial charge in [-0.25, -0.2) is 0 Å². The lowest BCUT2D eigenvalue weighted by Crippen LogP contribution is -2.40. The highest BCUT2D eigenvalue weighted by atomic mass is 32.1. The van der Waals surface area contributed by atoms with Crippen LogP contribution >= 0.6 is 11.3 Å². The van der Waals surface area contributed by atoms with Crippen LogP contribution in [0.5, 0.6) is 0 Å². The molecule has 0 aliphatic carbocycles. The van der Waals surface area contributed by atoms with Gasteiger partial charge in [-0.3, -0.25) is 0 Å². The van der Waals surface area contributed by atoms with E-state index in [9.17, 15) is 0 Å². The highest BCUT2D eigenvalue weighted by Gasteiger charge is 2.21. The molecule has 1 unspecified atom stereocenters. The van der Waals surface area contributed by atoms with Crippen LogP contribution in [0.3, 0.4) is 0 Å². The highest BCUT2D eigenvalue weighted by Crippen LogP contribution is 2.21. The van der Waals surface area contributed by atoms with Crippen molar-refractivity contribution in [3.05, 3.63) is 21.9 Å². The Bertz CT molecular complexity index is 353. The van der Waals surface area contributed by atoms with E-state index in [1.54, 1.807) is 0 Å². The molecule has 1 aliphatic heterocycles. The van der Waals surface area contributed by atoms with Crippen LogP contribution < -0.4 is 5.32 Å². The highest BCUT2D eigenvalue weighted by molar-refractivity contribution is 7.10. The number of nitrogens with one attached hydrogen (secondary N) is 1. The Hall–Kier alpha value is -0.380. The van der Waals surface area contributed by atoms with Crippen LogP contribution in [0, 0.1) is 5.92 Å². The summed E-state index contributed by atoms with van der Waals surface area (Å²) < 4.78 is 0. The molecule has 2 rings (SSSR count). The van der Waals surface area contributed by atoms with E-state index in [1.165, 1.54) is 36.4 Å². The summed E-state index contributed by atoms with van der Waals surface area (Å²) in [6.45, 7) is 8.17. The minimum Gasteiger partial charge on any atom is -0.309 e. The van der Waals surface area contributed by atoms with Gasteiger partial charge >= 0.3 is 0 Å². The molecule has 18 heavy (non-hydrogen) atoms. The maximum atomic E-state index is 3.74. The average molecular weight is 266 g/mol. The number of piperidine rings is 1. The standard InChI is InChI=1S/C15H26N2S/c1-4-13-7-10-18-15(13)11-16-12(2)14-5-8-17(3)9-6-14/h7,10,12,14,16H,4-6,8-9,11H2,1-3H3. The van der Waals surface area contributed by atoms with Gasteiger partial charge in [-0.2, -0.15) is 0 Å². The summed E-state index contributed by atoms with van der Waals surface area (Å²) >= 11 is 1.89. The van der Waals surface area contributed by atoms with Gasteiger partial charge < -0.3 is 10.2 Å². The molecule has 2 nitrogen and oxygen atoms in total. The number of hydrogen-bond donors (Lipinski definition) is 1. The number of likely N-dealkylation sites (tertiary alicyclic amines) is 1. The normalized spacial score (nSPS) is 20.2. The van der Waals surface area contributed by atoms with Crippen LogP contribution in [0.4, 0.5) is 0 Å². The summed E-state index contributed by atoms with van der Waals surface area (Å²) in [6, 6.07) is 2.91. The molecule has 1 atom stereocenters. The largest absolute Gasteiger partial charge is 0.309 e. The number of aryl methyl sites for hydroxylation is 1. The van der Waals surface area contributed by atoms with Crippen molar-refractivity contribution in [1.29, 1.82) is 0 Å². The van der Waals surface area contributed by atoms with Crippen LogP contribution in [0.2, 0.25) is 0 Å². The van der Waals surface area contributed by atoms with Gasteiger partial charge in [0.25, 0.3) is 0 Å². The van der Waals surface area contributed by atoms with Crippen molar-refractivity contribution in [3.8, 4) is 0 Å². The molecule has 3 heteroatoms. The van der Waals surface area contributed by atoms with E-state index in [2.05, 4.69) is 42.6 Å². The van der Waals surface area contributed by atoms with Gasteiger partial charge in [0.2, 0.25) is 0 Å². The van der Waals surface area contributed by atoms with Crippen molar-refractivity contribution >= 4 is 11.3 Å². The van der Waals surface area contributed by atoms with Crippen molar-refractivity contribution < 1.29 is 0 Å². The summed E-state index contributed by atoms with van der Waals surface area (Å²) in [4.78, 5) is 3.97. The van der Waals surface area contributed by atoms with E-state index in [-0.39, 0.29) is 0 Å². The minimum absolute atomic E-state index is 0.644. The van der Waals surface area contributed by atoms with E-state index >= 15 is 0 Å². The third kappa shape index (κ3) is 3.56. The average Bonchev–Trinajstić information content (AvgIpc) is 2.84. The maximum Gasteiger partial charge on any atom is 0.0305 e. The third-order valence-corrected chi connectivity index (χ3v) is 5.24. The molecule has 0 radical (unpaired) electrons. The molecule has 102 valence electrons. The van der Waals surface area contributed by atoms with Crippen LogP contribution in [0.15, 0.2) is 11.4 Å². The van der Waals surface area contributed by atoms with E-state index in [0.29, 0.717) is 6.04 Å². The van der Waals surface area contributed by atoms with Crippen molar-refractivity contribution in [2.24, 2.45) is 5.92 Å². The van der Waals surface area contributed by atoms with Gasteiger partial charge in [-0.05, 0) is 69.3 Å². The Morgan fingerprint density at radius 3 is 2.83 bits per heavy atom. The van der Waals surface area contributed by atoms with Crippen molar-refractivity contribution in [3.63, 3.8) is 0 Å². The molecule has 1 aliphatic rings. The molecule has 2 heterocycles. The maximum absolute atomic E-state index is 3.74. The predicted octanol–water partition coefficient (Wildman–Crippen LogP) is 3.13. The van der Waals surface area contributed by atoms with Gasteiger partial charge in [0, 0.05) is 17.5 Å². The summed E-state index contributed by atoms with van der Waals surface area (Å²) in [6.07, 6.45) is 3.84. The first-order valence-corrected chi connectivity index (χ1v) is 8.05. The molecule has 0 aromatic carbocycles. The Kier molecular flexibility index (Phi) is 5.22. The third-order valence-electron chi connectivity index (χ3n) is 4.27. The number of rotatable bonds is 5. The zero-order chi connectivity index (χ0) is 13.0. The van der Waals surface area contributed by atoms with E-state index < -0.39 is 0 Å². The van der Waals surface area contributed by atoms with Crippen LogP contribution in [0.1, 0.15) is 37.1 Å². The fraction of sp³-hybridized carbons (Fsp3) is 0.733. The first kappa shape index (κ1) is 14.0. The molecule has 1 aromatic rings. The van der Waals surface area contributed by atoms with Gasteiger partial charge in [0.15, 0.2) is 0 Å². The van der Waals surface area contributed by atoms with E-state index in [1.807, 2.05) is 11.3 Å². The second-order valence-electron chi connectivity index (χ2n) is 5.53. The number of nitrogens with zero attached hydrogens (tertiary/aromatic N) is 1. The first-order chi connectivity index (χ1) is 8.70. The minimum atomic E-state index is 0.644. The van der Waals surface area contributed by atoms with Gasteiger partial charge in [-0.1, -0.05) is 6.92 Å². The van der Waals surface area contributed by atoms with Gasteiger partial charge in [0.05, 0.1) is 0 Å². The lowest BCUT2D eigenvalue weighted by atomic mass is 9.90. The quantitative estimate of drug-likeness (QED) is 0.881. The van der Waals surface area contributed by atoms with Crippen LogP contribution in [0.25, 0.3) is 0 Å². The number of thiophene rings is 1. The van der Waals surface area contributed by atoms with Crippen LogP contribution in [-0.4, -0.2) is 31.1 Å². The first-order valence-electron chi connectivity index (χ1n) is 7.18. The Labute approximate surface area is 115 Å². The zero-order valence-corrected chi connectivity index (χ0v) is 12.7. The molecular weight excluding hydrogens is 240 g/mol. The number of hydrogen-bond acceptors (Lipinski definition) is 3. The summed E-state index contributed by atoms with van der Waals surface area (Å²) in [5.41, 5.74) is 1.52. The van der Waals surface area contributed by atoms with E-state index in [4.69, 9.17) is 0 Å². The van der Waals surface area contributed by atoms with Crippen LogP contribution in [-0.2, 0) is 13.0 Å². The topological polar surface area (TPSA) is 15.3 Å². The molecule has 1 N–H and O–H groups in total. The molecule has 0 amide bonds. The summed E-state index contributed by atoms with van der Waals surface area (Å²) in [5, 5.41) is 5.95. The molecular formula is C15H26N2S. The second kappa shape index (κ2) is 6.69. The molecule has 0 spiro atoms. The molecule has 0 saturated carbocycles. The monoisotopic (exact) mass is 266 g/mol. The molecule has 1 saturated heterocycles. The Morgan fingerprint density at radius 2 is 2.17 bits per heavy atom. The predicted molar refractivity (Wildman–Crippen MR) is 80.2 cm³/mol. The fourth-order valence-corrected chi connectivity index (χ4v) is 3.71. The van der Waals surface area contributed by atoms with Crippen molar-refractivity contribution in [2.45, 2.75) is 45.7 Å². The SMILES string of the molecule is CCc1ccsc1CNC(C)C1CCN(C)CC1. The van der Waals surface area contributed by atoms with Gasteiger partial charge in [0.1, 0.15) is 0 Å². The summed E-state index contributed by atoms with van der Waals surface area (Å²) in [7, 11) is 2.23. The van der Waals surface area contributed by atoms with E-state index in [0.717, 1.165) is 18.9 Å². The fourth-order valence-electron chi connectivity index (χ4n) is 2.79.